The van der Waals surface area contributed by atoms with E-state index >= 15 is 0 Å². The number of rotatable bonds is 13. The van der Waals surface area contributed by atoms with Gasteiger partial charge in [-0.25, -0.2) is 0 Å². The fourth-order valence-corrected chi connectivity index (χ4v) is 4.71. The SMILES string of the molecule is CC(=O)[C@]1(O[C@@H]([C@H](O)[C@@H](N)C=O)[C@H](O)CO)O[C@H](CO)[C@@H](O[C@@H]2O[C@H](CO)[C@@H](O)[C@H](O)[C@H]2N)[C@H](O)[C@@]1(N)C(C)=O. The molecule has 2 fully saturated rings. The minimum Gasteiger partial charge on any atom is -0.394 e. The number of aliphatic hydroxyl groups excluding tert-OH is 8. The second kappa shape index (κ2) is 13.6. The first-order valence-electron chi connectivity index (χ1n) is 12.3. The number of carbonyl (C=O) groups is 3. The van der Waals surface area contributed by atoms with Crippen LogP contribution >= 0.6 is 0 Å². The summed E-state index contributed by atoms with van der Waals surface area (Å²) < 4.78 is 22.2. The van der Waals surface area contributed by atoms with Crippen LogP contribution in [-0.4, -0.2) is 163 Å². The van der Waals surface area contributed by atoms with Crippen molar-refractivity contribution in [2.24, 2.45) is 17.2 Å². The fourth-order valence-electron chi connectivity index (χ4n) is 4.71. The molecule has 0 bridgehead atoms. The molecule has 2 saturated heterocycles. The highest BCUT2D eigenvalue weighted by molar-refractivity contribution is 5.98. The van der Waals surface area contributed by atoms with Gasteiger partial charge in [0.05, 0.1) is 31.9 Å². The largest absolute Gasteiger partial charge is 0.394 e. The smallest absolute Gasteiger partial charge is 0.258 e. The van der Waals surface area contributed by atoms with Gasteiger partial charge in [-0.2, -0.15) is 0 Å². The first-order valence-corrected chi connectivity index (χ1v) is 12.3. The Morgan fingerprint density at radius 3 is 2.05 bits per heavy atom. The molecule has 0 aromatic rings. The zero-order valence-corrected chi connectivity index (χ0v) is 21.8. The number of nitrogens with two attached hydrogens (primary N) is 3. The van der Waals surface area contributed by atoms with E-state index in [4.69, 9.17) is 36.1 Å². The Balaban J connectivity index is 2.61. The van der Waals surface area contributed by atoms with E-state index in [0.29, 0.717) is 0 Å². The zero-order valence-electron chi connectivity index (χ0n) is 21.8. The molecule has 232 valence electrons. The normalized spacial score (nSPS) is 41.5. The summed E-state index contributed by atoms with van der Waals surface area (Å²) >= 11 is 0. The Hall–Kier alpha value is -1.59. The van der Waals surface area contributed by atoms with Crippen LogP contribution in [0, 0.1) is 0 Å². The second-order valence-electron chi connectivity index (χ2n) is 9.80. The third kappa shape index (κ3) is 5.98. The van der Waals surface area contributed by atoms with Crippen LogP contribution in [0.15, 0.2) is 0 Å². The first-order chi connectivity index (χ1) is 18.6. The minimum absolute atomic E-state index is 0.0711. The molecule has 0 unspecified atom stereocenters. The lowest BCUT2D eigenvalue weighted by atomic mass is 9.72. The van der Waals surface area contributed by atoms with Crippen molar-refractivity contribution < 1.29 is 74.2 Å². The molecule has 0 spiro atoms. The van der Waals surface area contributed by atoms with Crippen molar-refractivity contribution >= 4 is 17.9 Å². The molecule has 0 amide bonds. The lowest BCUT2D eigenvalue weighted by Crippen LogP contribution is -2.84. The third-order valence-corrected chi connectivity index (χ3v) is 7.21. The number of ketones is 2. The van der Waals surface area contributed by atoms with Crippen molar-refractivity contribution in [2.45, 2.75) is 98.5 Å². The Morgan fingerprint density at radius 1 is 1.02 bits per heavy atom. The molecule has 0 radical (unpaired) electrons. The monoisotopic (exact) mass is 585 g/mol. The zero-order chi connectivity index (χ0) is 30.7. The summed E-state index contributed by atoms with van der Waals surface area (Å²) in [7, 11) is 0. The van der Waals surface area contributed by atoms with Crippen LogP contribution in [0.2, 0.25) is 0 Å². The lowest BCUT2D eigenvalue weighted by Gasteiger charge is -2.56. The lowest BCUT2D eigenvalue weighted by molar-refractivity contribution is -0.374. The van der Waals surface area contributed by atoms with Gasteiger partial charge in [-0.15, -0.1) is 0 Å². The average Bonchev–Trinajstić information content (AvgIpc) is 2.93. The van der Waals surface area contributed by atoms with Gasteiger partial charge in [-0.1, -0.05) is 0 Å². The molecule has 0 aromatic heterocycles. The third-order valence-electron chi connectivity index (χ3n) is 7.21. The molecular weight excluding hydrogens is 546 g/mol. The highest BCUT2D eigenvalue weighted by atomic mass is 16.8. The van der Waals surface area contributed by atoms with E-state index in [1.165, 1.54) is 0 Å². The van der Waals surface area contributed by atoms with Crippen molar-refractivity contribution in [3.63, 3.8) is 0 Å². The van der Waals surface area contributed by atoms with Crippen molar-refractivity contribution in [2.75, 3.05) is 19.8 Å². The molecule has 18 heteroatoms. The van der Waals surface area contributed by atoms with Crippen LogP contribution in [-0.2, 0) is 33.3 Å². The molecule has 2 aliphatic heterocycles. The quantitative estimate of drug-likeness (QED) is 0.0893. The second-order valence-corrected chi connectivity index (χ2v) is 9.80. The molecule has 0 aliphatic carbocycles. The van der Waals surface area contributed by atoms with Crippen molar-refractivity contribution in [1.29, 1.82) is 0 Å². The Morgan fingerprint density at radius 2 is 1.60 bits per heavy atom. The minimum atomic E-state index is -3.09. The predicted octanol–water partition coefficient (Wildman–Crippen LogP) is -7.91. The number of carbonyl (C=O) groups excluding carboxylic acids is 3. The average molecular weight is 586 g/mol. The van der Waals surface area contributed by atoms with Gasteiger partial charge in [0.15, 0.2) is 23.4 Å². The van der Waals surface area contributed by atoms with Gasteiger partial charge >= 0.3 is 0 Å². The first kappa shape index (κ1) is 34.6. The maximum Gasteiger partial charge on any atom is 0.258 e. The van der Waals surface area contributed by atoms with Crippen LogP contribution < -0.4 is 17.2 Å². The van der Waals surface area contributed by atoms with Gasteiger partial charge in [-0.05, 0) is 6.92 Å². The maximum atomic E-state index is 13.1. The Kier molecular flexibility index (Phi) is 11.8. The maximum absolute atomic E-state index is 13.1. The number of Topliss-reactive ketones (excluding diaryl/α,β-unsaturated/α-hetero) is 2. The highest BCUT2D eigenvalue weighted by Gasteiger charge is 2.70. The van der Waals surface area contributed by atoms with Crippen LogP contribution in [0.25, 0.3) is 0 Å². The van der Waals surface area contributed by atoms with Gasteiger partial charge in [0.25, 0.3) is 5.79 Å². The number of ether oxygens (including phenoxy) is 4. The van der Waals surface area contributed by atoms with E-state index in [1.54, 1.807) is 0 Å². The summed E-state index contributed by atoms with van der Waals surface area (Å²) in [6.07, 6.45) is -18.5. The van der Waals surface area contributed by atoms with E-state index in [2.05, 4.69) is 0 Å². The van der Waals surface area contributed by atoms with Crippen molar-refractivity contribution in [3.05, 3.63) is 0 Å². The van der Waals surface area contributed by atoms with Gasteiger partial charge in [-0.3, -0.25) is 9.59 Å². The van der Waals surface area contributed by atoms with E-state index in [0.717, 1.165) is 13.8 Å². The predicted molar refractivity (Wildman–Crippen MR) is 128 cm³/mol. The molecule has 0 aromatic carbocycles. The Labute approximate surface area is 228 Å². The highest BCUT2D eigenvalue weighted by Crippen LogP contribution is 2.42. The number of aliphatic hydroxyl groups is 8. The van der Waals surface area contributed by atoms with E-state index < -0.39 is 116 Å². The van der Waals surface area contributed by atoms with Crippen LogP contribution in [0.5, 0.6) is 0 Å². The molecule has 0 saturated carbocycles. The van der Waals surface area contributed by atoms with Crippen molar-refractivity contribution in [3.8, 4) is 0 Å². The van der Waals surface area contributed by atoms with Crippen LogP contribution in [0.3, 0.4) is 0 Å². The fraction of sp³-hybridized carbons (Fsp3) is 0.864. The van der Waals surface area contributed by atoms with E-state index in [9.17, 15) is 55.2 Å². The molecule has 14 atom stereocenters. The summed E-state index contributed by atoms with van der Waals surface area (Å²) in [4.78, 5) is 37.3. The molecular formula is C22H39N3O15. The summed E-state index contributed by atoms with van der Waals surface area (Å²) in [5, 5.41) is 81.6. The number of aldehydes is 1. The number of hydrogen-bond acceptors (Lipinski definition) is 18. The molecule has 2 heterocycles. The number of hydrogen-bond donors (Lipinski definition) is 11. The van der Waals surface area contributed by atoms with Crippen LogP contribution in [0.1, 0.15) is 13.8 Å². The van der Waals surface area contributed by atoms with E-state index in [-0.39, 0.29) is 6.29 Å². The molecule has 18 nitrogen and oxygen atoms in total. The van der Waals surface area contributed by atoms with Crippen LogP contribution in [0.4, 0.5) is 0 Å². The van der Waals surface area contributed by atoms with Gasteiger partial charge in [0.2, 0.25) is 0 Å². The summed E-state index contributed by atoms with van der Waals surface area (Å²) in [5.74, 6) is -5.47. The van der Waals surface area contributed by atoms with Gasteiger partial charge < -0.3 is 81.8 Å². The molecule has 2 rings (SSSR count). The van der Waals surface area contributed by atoms with Gasteiger partial charge in [0.1, 0.15) is 61.2 Å². The van der Waals surface area contributed by atoms with E-state index in [1.807, 2.05) is 0 Å². The molecule has 14 N–H and O–H groups in total. The topological polar surface area (TPSA) is 328 Å². The summed E-state index contributed by atoms with van der Waals surface area (Å²) in [6, 6.07) is -3.22. The van der Waals surface area contributed by atoms with Gasteiger partial charge in [0, 0.05) is 6.92 Å². The molecule has 2 aliphatic rings. The standard InChI is InChI=1S/C22H39N3O15/c1-7(30)21(25)19(36)18(38-20-13(24)16(35)15(34)11(5-28)37-20)12(6-29)39-22(21,8(2)31)40-17(10(32)4-27)14(33)9(23)3-26/h3,9-20,27-29,32-36H,4-6,23-25H2,1-2H3/t9-,10+,11+,12+,13+,14+,15+,16+,17+,18+,19-,20-,21-,22+/m0/s1. The summed E-state index contributed by atoms with van der Waals surface area (Å²) in [6.45, 7) is -1.29. The molecule has 40 heavy (non-hydrogen) atoms. The van der Waals surface area contributed by atoms with Crippen molar-refractivity contribution in [1.82, 2.24) is 0 Å². The summed E-state index contributed by atoms with van der Waals surface area (Å²) in [5.41, 5.74) is 14.8. The Bertz CT molecular complexity index is 898.